The van der Waals surface area contributed by atoms with Crippen molar-refractivity contribution in [2.24, 2.45) is 0 Å². The lowest BCUT2D eigenvalue weighted by molar-refractivity contribution is -0.385. The monoisotopic (exact) mass is 211 g/mol. The molecule has 0 atom stereocenters. The van der Waals surface area contributed by atoms with Crippen LogP contribution in [-0.2, 0) is 0 Å². The maximum Gasteiger partial charge on any atom is 0.313 e. The quantitative estimate of drug-likeness (QED) is 0.216. The minimum atomic E-state index is -0.836. The van der Waals surface area contributed by atoms with Crippen LogP contribution in [0.25, 0.3) is 0 Å². The molecule has 5 N–H and O–H groups in total. The van der Waals surface area contributed by atoms with E-state index >= 15 is 0 Å². The third-order valence-electron chi connectivity index (χ3n) is 1.94. The Morgan fingerprint density at radius 3 is 2.40 bits per heavy atom. The Labute approximate surface area is 84.4 Å². The van der Waals surface area contributed by atoms with Gasteiger partial charge < -0.3 is 16.6 Å². The SMILES string of the molecule is CC(=O)c1cc([N+](=O)[O-])c(O)c(N)c1N. The van der Waals surface area contributed by atoms with Crippen LogP contribution in [0.1, 0.15) is 17.3 Å². The summed E-state index contributed by atoms with van der Waals surface area (Å²) in [5.41, 5.74) is 9.55. The summed E-state index contributed by atoms with van der Waals surface area (Å²) in [5, 5.41) is 19.8. The number of anilines is 2. The highest BCUT2D eigenvalue weighted by molar-refractivity contribution is 6.03. The first-order chi connectivity index (χ1) is 6.86. The predicted octanol–water partition coefficient (Wildman–Crippen LogP) is 0.667. The molecule has 0 unspecified atom stereocenters. The molecule has 0 amide bonds. The number of nitrogens with two attached hydrogens (primary N) is 2. The fraction of sp³-hybridized carbons (Fsp3) is 0.125. The van der Waals surface area contributed by atoms with Crippen LogP contribution in [0.4, 0.5) is 17.1 Å². The van der Waals surface area contributed by atoms with Crippen molar-refractivity contribution >= 4 is 22.8 Å². The first kappa shape index (κ1) is 10.8. The zero-order valence-corrected chi connectivity index (χ0v) is 7.85. The number of benzene rings is 1. The zero-order valence-electron chi connectivity index (χ0n) is 7.85. The van der Waals surface area contributed by atoms with Crippen LogP contribution < -0.4 is 11.5 Å². The summed E-state index contributed by atoms with van der Waals surface area (Å²) in [7, 11) is 0. The van der Waals surface area contributed by atoms with Crippen LogP contribution in [-0.4, -0.2) is 15.8 Å². The van der Waals surface area contributed by atoms with Crippen LogP contribution in [0.15, 0.2) is 6.07 Å². The molecule has 7 heteroatoms. The molecule has 0 bridgehead atoms. The van der Waals surface area contributed by atoms with Gasteiger partial charge in [-0.1, -0.05) is 0 Å². The number of nitro benzene ring substituents is 1. The highest BCUT2D eigenvalue weighted by Gasteiger charge is 2.22. The van der Waals surface area contributed by atoms with Crippen LogP contribution in [0, 0.1) is 10.1 Å². The van der Waals surface area contributed by atoms with Crippen LogP contribution in [0.5, 0.6) is 5.75 Å². The van der Waals surface area contributed by atoms with E-state index in [-0.39, 0.29) is 16.9 Å². The van der Waals surface area contributed by atoms with Crippen molar-refractivity contribution in [1.82, 2.24) is 0 Å². The van der Waals surface area contributed by atoms with Crippen molar-refractivity contribution in [2.75, 3.05) is 11.5 Å². The number of carbonyl (C=O) groups is 1. The van der Waals surface area contributed by atoms with Crippen molar-refractivity contribution in [2.45, 2.75) is 6.92 Å². The second kappa shape index (κ2) is 3.45. The van der Waals surface area contributed by atoms with Gasteiger partial charge in [0.05, 0.1) is 10.6 Å². The number of phenolic OH excluding ortho intramolecular Hbond substituents is 1. The highest BCUT2D eigenvalue weighted by Crippen LogP contribution is 2.38. The maximum absolute atomic E-state index is 11.1. The van der Waals surface area contributed by atoms with Crippen molar-refractivity contribution in [1.29, 1.82) is 0 Å². The van der Waals surface area contributed by atoms with Gasteiger partial charge in [-0.05, 0) is 6.92 Å². The number of ketones is 1. The number of carbonyl (C=O) groups excluding carboxylic acids is 1. The molecule has 15 heavy (non-hydrogen) atoms. The van der Waals surface area contributed by atoms with Gasteiger partial charge in [-0.15, -0.1) is 0 Å². The normalized spacial score (nSPS) is 9.93. The molecule has 1 aromatic rings. The van der Waals surface area contributed by atoms with E-state index in [0.29, 0.717) is 0 Å². The number of nitrogen functional groups attached to an aromatic ring is 2. The van der Waals surface area contributed by atoms with Crippen molar-refractivity contribution in [3.05, 3.63) is 21.7 Å². The Morgan fingerprint density at radius 1 is 1.47 bits per heavy atom. The lowest BCUT2D eigenvalue weighted by atomic mass is 10.1. The molecular formula is C8H9N3O4. The van der Waals surface area contributed by atoms with E-state index < -0.39 is 22.1 Å². The van der Waals surface area contributed by atoms with E-state index in [1.807, 2.05) is 0 Å². The highest BCUT2D eigenvalue weighted by atomic mass is 16.6. The van der Waals surface area contributed by atoms with Gasteiger partial charge in [0.2, 0.25) is 5.75 Å². The van der Waals surface area contributed by atoms with E-state index in [9.17, 15) is 20.0 Å². The molecule has 0 aromatic heterocycles. The van der Waals surface area contributed by atoms with E-state index in [2.05, 4.69) is 0 Å². The van der Waals surface area contributed by atoms with E-state index in [4.69, 9.17) is 11.5 Å². The van der Waals surface area contributed by atoms with Crippen LogP contribution in [0.2, 0.25) is 0 Å². The summed E-state index contributed by atoms with van der Waals surface area (Å²) in [6.07, 6.45) is 0. The molecule has 0 aliphatic heterocycles. The lowest BCUT2D eigenvalue weighted by Crippen LogP contribution is -2.05. The molecule has 0 saturated carbocycles. The minimum absolute atomic E-state index is 0.0722. The number of rotatable bonds is 2. The van der Waals surface area contributed by atoms with Gasteiger partial charge in [0.25, 0.3) is 0 Å². The molecule has 1 rings (SSSR count). The Balaban J connectivity index is 3.59. The molecule has 7 nitrogen and oxygen atoms in total. The molecule has 1 aromatic carbocycles. The van der Waals surface area contributed by atoms with Gasteiger partial charge in [-0.25, -0.2) is 0 Å². The lowest BCUT2D eigenvalue weighted by Gasteiger charge is -2.07. The number of aromatic hydroxyl groups is 1. The van der Waals surface area contributed by atoms with Gasteiger partial charge >= 0.3 is 5.69 Å². The van der Waals surface area contributed by atoms with Gasteiger partial charge in [0.1, 0.15) is 5.69 Å². The number of hydrogen-bond acceptors (Lipinski definition) is 6. The summed E-state index contributed by atoms with van der Waals surface area (Å²) in [6.45, 7) is 1.20. The Bertz CT molecular complexity index is 417. The summed E-state index contributed by atoms with van der Waals surface area (Å²) in [4.78, 5) is 20.7. The van der Waals surface area contributed by atoms with Gasteiger partial charge in [0, 0.05) is 11.6 Å². The number of nitro groups is 1. The van der Waals surface area contributed by atoms with Crippen molar-refractivity contribution in [3.8, 4) is 5.75 Å². The predicted molar refractivity (Wildman–Crippen MR) is 53.6 cm³/mol. The van der Waals surface area contributed by atoms with E-state index in [1.54, 1.807) is 0 Å². The molecule has 0 saturated heterocycles. The number of Topliss-reactive ketones (excluding diaryl/α,β-unsaturated/α-hetero) is 1. The Hall–Kier alpha value is -2.31. The Morgan fingerprint density at radius 2 is 2.00 bits per heavy atom. The van der Waals surface area contributed by atoms with E-state index in [1.165, 1.54) is 6.92 Å². The summed E-state index contributed by atoms with van der Waals surface area (Å²) < 4.78 is 0. The largest absolute Gasteiger partial charge is 0.501 e. The smallest absolute Gasteiger partial charge is 0.313 e. The molecule has 0 aliphatic carbocycles. The minimum Gasteiger partial charge on any atom is -0.501 e. The molecular weight excluding hydrogens is 202 g/mol. The summed E-state index contributed by atoms with van der Waals surface area (Å²) in [6, 6.07) is 0.906. The molecule has 0 radical (unpaired) electrons. The van der Waals surface area contributed by atoms with Crippen molar-refractivity contribution in [3.63, 3.8) is 0 Å². The second-order valence-corrected chi connectivity index (χ2v) is 2.93. The fourth-order valence-corrected chi connectivity index (χ4v) is 1.12. The maximum atomic E-state index is 11.1. The fourth-order valence-electron chi connectivity index (χ4n) is 1.12. The third kappa shape index (κ3) is 1.66. The van der Waals surface area contributed by atoms with Gasteiger partial charge in [-0.3, -0.25) is 14.9 Å². The van der Waals surface area contributed by atoms with Gasteiger partial charge in [-0.2, -0.15) is 0 Å². The second-order valence-electron chi connectivity index (χ2n) is 2.93. The van der Waals surface area contributed by atoms with Crippen LogP contribution in [0.3, 0.4) is 0 Å². The van der Waals surface area contributed by atoms with E-state index in [0.717, 1.165) is 6.07 Å². The first-order valence-electron chi connectivity index (χ1n) is 3.92. The van der Waals surface area contributed by atoms with Crippen molar-refractivity contribution < 1.29 is 14.8 Å². The standard InChI is InChI=1S/C8H9N3O4/c1-3(12)4-2-5(11(14)15)8(13)7(10)6(4)9/h2,13H,9-10H2,1H3. The van der Waals surface area contributed by atoms with Crippen LogP contribution >= 0.6 is 0 Å². The number of hydrogen-bond donors (Lipinski definition) is 3. The number of phenols is 1. The third-order valence-corrected chi connectivity index (χ3v) is 1.94. The first-order valence-corrected chi connectivity index (χ1v) is 3.92. The number of nitrogens with zero attached hydrogens (tertiary/aromatic N) is 1. The molecule has 80 valence electrons. The molecule has 0 aliphatic rings. The summed E-state index contributed by atoms with van der Waals surface area (Å²) >= 11 is 0. The molecule has 0 heterocycles. The average molecular weight is 211 g/mol. The molecule has 0 spiro atoms. The zero-order chi connectivity index (χ0) is 11.7. The average Bonchev–Trinajstić information content (AvgIpc) is 2.13. The summed E-state index contributed by atoms with van der Waals surface area (Å²) in [5.74, 6) is -1.18. The molecule has 0 fully saturated rings. The topological polar surface area (TPSA) is 132 Å². The Kier molecular flexibility index (Phi) is 2.47. The van der Waals surface area contributed by atoms with Gasteiger partial charge in [0.15, 0.2) is 5.78 Å².